The van der Waals surface area contributed by atoms with Crippen molar-refractivity contribution in [2.24, 2.45) is 17.8 Å². The molecule has 0 radical (unpaired) electrons. The van der Waals surface area contributed by atoms with E-state index in [2.05, 4.69) is 4.90 Å². The minimum Gasteiger partial charge on any atom is -0.384 e. The van der Waals surface area contributed by atoms with Crippen LogP contribution in [0.5, 0.6) is 0 Å². The third-order valence-corrected chi connectivity index (χ3v) is 8.66. The molecular formula is C28H34F2N2O2. The summed E-state index contributed by atoms with van der Waals surface area (Å²) in [6.07, 6.45) is 3.41. The fourth-order valence-corrected chi connectivity index (χ4v) is 6.44. The molecule has 2 aromatic carbocycles. The molecule has 2 aromatic rings. The molecule has 4 nitrogen and oxygen atoms in total. The number of hydrogen-bond acceptors (Lipinski definition) is 3. The number of nitrogens with zero attached hydrogens (tertiary/aromatic N) is 2. The van der Waals surface area contributed by atoms with Crippen molar-refractivity contribution in [3.05, 3.63) is 71.3 Å². The molecule has 0 spiro atoms. The fourth-order valence-electron chi connectivity index (χ4n) is 6.44. The van der Waals surface area contributed by atoms with Crippen LogP contribution in [0.3, 0.4) is 0 Å². The number of amides is 1. The third-order valence-electron chi connectivity index (χ3n) is 8.66. The summed E-state index contributed by atoms with van der Waals surface area (Å²) in [5, 5.41) is 11.7. The normalized spacial score (nSPS) is 32.6. The highest BCUT2D eigenvalue weighted by atomic mass is 19.1. The highest BCUT2D eigenvalue weighted by Gasteiger charge is 2.50. The van der Waals surface area contributed by atoms with Crippen molar-refractivity contribution in [1.29, 1.82) is 0 Å². The number of carbonyl (C=O) groups is 1. The molecule has 1 N–H and O–H groups in total. The summed E-state index contributed by atoms with van der Waals surface area (Å²) in [5.41, 5.74) is 0.305. The van der Waals surface area contributed by atoms with Crippen LogP contribution >= 0.6 is 0 Å². The van der Waals surface area contributed by atoms with Crippen LogP contribution in [0.4, 0.5) is 8.78 Å². The van der Waals surface area contributed by atoms with Gasteiger partial charge in [0.2, 0.25) is 5.91 Å². The Morgan fingerprint density at radius 1 is 0.971 bits per heavy atom. The van der Waals surface area contributed by atoms with Gasteiger partial charge in [0, 0.05) is 56.0 Å². The third kappa shape index (κ3) is 3.95. The molecule has 3 fully saturated rings. The molecule has 3 aliphatic rings. The molecule has 0 bridgehead atoms. The predicted molar refractivity (Wildman–Crippen MR) is 127 cm³/mol. The van der Waals surface area contributed by atoms with E-state index in [9.17, 15) is 18.7 Å². The molecule has 182 valence electrons. The van der Waals surface area contributed by atoms with Crippen molar-refractivity contribution in [3.63, 3.8) is 0 Å². The first-order chi connectivity index (χ1) is 16.3. The second-order valence-electron chi connectivity index (χ2n) is 10.7. The summed E-state index contributed by atoms with van der Waals surface area (Å²) < 4.78 is 28.4. The second kappa shape index (κ2) is 9.04. The lowest BCUT2D eigenvalue weighted by atomic mass is 9.70. The number of carbonyl (C=O) groups excluding carboxylic acids is 1. The molecule has 3 unspecified atom stereocenters. The van der Waals surface area contributed by atoms with Crippen molar-refractivity contribution >= 4 is 5.91 Å². The monoisotopic (exact) mass is 468 g/mol. The largest absolute Gasteiger partial charge is 0.384 e. The summed E-state index contributed by atoms with van der Waals surface area (Å²) in [7, 11) is 0. The molecule has 4 atom stereocenters. The van der Waals surface area contributed by atoms with E-state index in [-0.39, 0.29) is 29.6 Å². The Labute approximate surface area is 200 Å². The Kier molecular flexibility index (Phi) is 6.23. The summed E-state index contributed by atoms with van der Waals surface area (Å²) in [6.45, 7) is 6.12. The van der Waals surface area contributed by atoms with Gasteiger partial charge in [0.15, 0.2) is 0 Å². The summed E-state index contributed by atoms with van der Waals surface area (Å²) >= 11 is 0. The van der Waals surface area contributed by atoms with Crippen LogP contribution in [0.15, 0.2) is 48.5 Å². The van der Waals surface area contributed by atoms with Crippen LogP contribution in [0, 0.1) is 29.4 Å². The van der Waals surface area contributed by atoms with E-state index in [0.29, 0.717) is 37.8 Å². The Morgan fingerprint density at radius 2 is 1.65 bits per heavy atom. The van der Waals surface area contributed by atoms with E-state index < -0.39 is 17.2 Å². The number of aliphatic hydroxyl groups is 1. The van der Waals surface area contributed by atoms with Crippen LogP contribution in [0.1, 0.15) is 50.2 Å². The fraction of sp³-hybridized carbons (Fsp3) is 0.536. The molecule has 2 heterocycles. The van der Waals surface area contributed by atoms with Gasteiger partial charge in [0.05, 0.1) is 11.5 Å². The first-order valence-corrected chi connectivity index (χ1v) is 12.5. The Hall–Kier alpha value is -2.31. The minimum atomic E-state index is -1.01. The van der Waals surface area contributed by atoms with Crippen LogP contribution in [0.2, 0.25) is 0 Å². The molecule has 0 aromatic heterocycles. The maximum absolute atomic E-state index is 14.8. The molecule has 2 saturated heterocycles. The number of rotatable bonds is 4. The zero-order valence-corrected chi connectivity index (χ0v) is 20.0. The van der Waals surface area contributed by atoms with Gasteiger partial charge in [0.1, 0.15) is 11.6 Å². The summed E-state index contributed by atoms with van der Waals surface area (Å²) in [6, 6.07) is 13.9. The van der Waals surface area contributed by atoms with E-state index in [1.165, 1.54) is 18.6 Å². The van der Waals surface area contributed by atoms with Crippen molar-refractivity contribution < 1.29 is 18.7 Å². The van der Waals surface area contributed by atoms with E-state index in [1.54, 1.807) is 0 Å². The van der Waals surface area contributed by atoms with Gasteiger partial charge in [-0.05, 0) is 30.0 Å². The minimum absolute atomic E-state index is 0.0179. The van der Waals surface area contributed by atoms with Crippen molar-refractivity contribution in [3.8, 4) is 0 Å². The SMILES string of the molecule is CC1CN(C(=O)C2CN(C3CCC3)C[C@H]2c2ccc(F)cc2F)CC(C)C1(O)c1ccccc1. The van der Waals surface area contributed by atoms with Crippen molar-refractivity contribution in [2.45, 2.75) is 50.7 Å². The number of likely N-dealkylation sites (tertiary alicyclic amines) is 2. The lowest BCUT2D eigenvalue weighted by Crippen LogP contribution is -2.57. The number of hydrogen-bond donors (Lipinski definition) is 1. The quantitative estimate of drug-likeness (QED) is 0.717. The summed E-state index contributed by atoms with van der Waals surface area (Å²) in [4.78, 5) is 18.1. The maximum atomic E-state index is 14.8. The van der Waals surface area contributed by atoms with Gasteiger partial charge in [-0.25, -0.2) is 8.78 Å². The van der Waals surface area contributed by atoms with Gasteiger partial charge in [-0.3, -0.25) is 9.69 Å². The Bertz CT molecular complexity index is 1030. The molecule has 1 amide bonds. The number of halogens is 2. The van der Waals surface area contributed by atoms with Gasteiger partial charge < -0.3 is 10.0 Å². The smallest absolute Gasteiger partial charge is 0.227 e. The molecular weight excluding hydrogens is 434 g/mol. The molecule has 6 heteroatoms. The molecule has 5 rings (SSSR count). The second-order valence-corrected chi connectivity index (χ2v) is 10.7. The summed E-state index contributed by atoms with van der Waals surface area (Å²) in [5.74, 6) is -2.11. The highest BCUT2D eigenvalue weighted by molar-refractivity contribution is 5.81. The number of piperidine rings is 1. The lowest BCUT2D eigenvalue weighted by molar-refractivity contribution is -0.152. The van der Waals surface area contributed by atoms with Crippen LogP contribution in [-0.2, 0) is 10.4 Å². The van der Waals surface area contributed by atoms with E-state index in [4.69, 9.17) is 0 Å². The van der Waals surface area contributed by atoms with Gasteiger partial charge in [-0.1, -0.05) is 56.7 Å². The zero-order chi connectivity index (χ0) is 24.0. The first-order valence-electron chi connectivity index (χ1n) is 12.5. The maximum Gasteiger partial charge on any atom is 0.227 e. The van der Waals surface area contributed by atoms with Gasteiger partial charge in [-0.15, -0.1) is 0 Å². The first kappa shape index (κ1) is 23.4. The Balaban J connectivity index is 1.39. The lowest BCUT2D eigenvalue weighted by Gasteiger charge is -2.48. The van der Waals surface area contributed by atoms with Gasteiger partial charge >= 0.3 is 0 Å². The van der Waals surface area contributed by atoms with Crippen molar-refractivity contribution in [2.75, 3.05) is 26.2 Å². The highest BCUT2D eigenvalue weighted by Crippen LogP contribution is 2.44. The average molecular weight is 469 g/mol. The van der Waals surface area contributed by atoms with Gasteiger partial charge in [0.25, 0.3) is 0 Å². The zero-order valence-electron chi connectivity index (χ0n) is 20.0. The van der Waals surface area contributed by atoms with Crippen molar-refractivity contribution in [1.82, 2.24) is 9.80 Å². The Morgan fingerprint density at radius 3 is 2.24 bits per heavy atom. The van der Waals surface area contributed by atoms with E-state index in [1.807, 2.05) is 49.1 Å². The van der Waals surface area contributed by atoms with Gasteiger partial charge in [-0.2, -0.15) is 0 Å². The number of benzene rings is 2. The molecule has 2 aliphatic heterocycles. The van der Waals surface area contributed by atoms with E-state index >= 15 is 0 Å². The molecule has 1 aliphatic carbocycles. The molecule has 34 heavy (non-hydrogen) atoms. The van der Waals surface area contributed by atoms with Crippen LogP contribution in [0.25, 0.3) is 0 Å². The predicted octanol–water partition coefficient (Wildman–Crippen LogP) is 4.53. The van der Waals surface area contributed by atoms with Crippen LogP contribution < -0.4 is 0 Å². The van der Waals surface area contributed by atoms with E-state index in [0.717, 1.165) is 24.5 Å². The molecule has 1 saturated carbocycles. The standard InChI is InChI=1S/C28H34F2N2O2/c1-18-14-32(15-19(2)28(18,34)20-7-4-3-5-8-20)27(33)25-17-31(22-9-6-10-22)16-24(25)23-12-11-21(29)13-26(23)30/h3-5,7-8,11-13,18-19,22,24-25,34H,6,9-10,14-17H2,1-2H3/t18?,19?,24-,25?,28?/m0/s1. The topological polar surface area (TPSA) is 43.8 Å². The average Bonchev–Trinajstić information content (AvgIpc) is 3.20. The van der Waals surface area contributed by atoms with Crippen LogP contribution in [-0.4, -0.2) is 53.0 Å².